The summed E-state index contributed by atoms with van der Waals surface area (Å²) in [5.41, 5.74) is 1.00. The third-order valence-corrected chi connectivity index (χ3v) is 5.74. The average molecular weight is 327 g/mol. The molecule has 0 atom stereocenters. The Kier molecular flexibility index (Phi) is 4.79. The predicted molar refractivity (Wildman–Crippen MR) is 82.8 cm³/mol. The van der Waals surface area contributed by atoms with Gasteiger partial charge in [0.1, 0.15) is 0 Å². The number of nitrogens with one attached hydrogen (secondary N) is 1. The van der Waals surface area contributed by atoms with Gasteiger partial charge in [-0.3, -0.25) is 4.72 Å². The number of hydrogen-bond donors (Lipinski definition) is 1. The molecule has 0 amide bonds. The van der Waals surface area contributed by atoms with Crippen LogP contribution >= 0.6 is 23.1 Å². The maximum absolute atomic E-state index is 12.1. The van der Waals surface area contributed by atoms with Crippen LogP contribution in [-0.4, -0.2) is 24.4 Å². The second-order valence-electron chi connectivity index (χ2n) is 3.89. The van der Waals surface area contributed by atoms with Crippen LogP contribution in [0, 0.1) is 6.92 Å². The van der Waals surface area contributed by atoms with Crippen LogP contribution in [0.1, 0.15) is 5.56 Å². The number of nitrogens with zero attached hydrogens (tertiary/aromatic N) is 2. The van der Waals surface area contributed by atoms with Crippen LogP contribution in [0.25, 0.3) is 0 Å². The van der Waals surface area contributed by atoms with Crippen LogP contribution in [0.4, 0.5) is 5.13 Å². The number of thioether (sulfide) groups is 1. The first-order valence-electron chi connectivity index (χ1n) is 5.68. The SMILES string of the molecule is C=CCSc1nnc(NS(=O)(=O)c2ccc(C)cc2)s1. The van der Waals surface area contributed by atoms with Gasteiger partial charge in [-0.05, 0) is 19.1 Å². The van der Waals surface area contributed by atoms with Crippen LogP contribution in [0.3, 0.4) is 0 Å². The molecule has 0 spiro atoms. The molecule has 2 aromatic rings. The van der Waals surface area contributed by atoms with Gasteiger partial charge in [0.15, 0.2) is 4.34 Å². The molecule has 106 valence electrons. The summed E-state index contributed by atoms with van der Waals surface area (Å²) in [6, 6.07) is 6.62. The first-order valence-corrected chi connectivity index (χ1v) is 8.96. The molecule has 1 N–H and O–H groups in total. The molecule has 8 heteroatoms. The molecule has 0 bridgehead atoms. The zero-order valence-electron chi connectivity index (χ0n) is 10.7. The Labute approximate surface area is 126 Å². The highest BCUT2D eigenvalue weighted by atomic mass is 32.2. The van der Waals surface area contributed by atoms with Crippen molar-refractivity contribution >= 4 is 38.3 Å². The van der Waals surface area contributed by atoms with E-state index < -0.39 is 10.0 Å². The maximum Gasteiger partial charge on any atom is 0.263 e. The van der Waals surface area contributed by atoms with Crippen molar-refractivity contribution in [1.29, 1.82) is 0 Å². The van der Waals surface area contributed by atoms with Crippen molar-refractivity contribution in [3.63, 3.8) is 0 Å². The molecule has 0 aliphatic heterocycles. The molecule has 0 fully saturated rings. The molecule has 20 heavy (non-hydrogen) atoms. The van der Waals surface area contributed by atoms with Crippen LogP contribution in [-0.2, 0) is 10.0 Å². The molecule has 0 radical (unpaired) electrons. The molecule has 0 saturated heterocycles. The lowest BCUT2D eigenvalue weighted by Crippen LogP contribution is -2.12. The van der Waals surface area contributed by atoms with Crippen molar-refractivity contribution in [3.8, 4) is 0 Å². The Morgan fingerprint density at radius 3 is 2.70 bits per heavy atom. The second-order valence-corrected chi connectivity index (χ2v) is 7.82. The van der Waals surface area contributed by atoms with Gasteiger partial charge in [-0.2, -0.15) is 0 Å². The summed E-state index contributed by atoms with van der Waals surface area (Å²) >= 11 is 2.66. The summed E-state index contributed by atoms with van der Waals surface area (Å²) in [4.78, 5) is 0.207. The minimum Gasteiger partial charge on any atom is -0.253 e. The predicted octanol–water partition coefficient (Wildman–Crippen LogP) is 2.93. The number of aryl methyl sites for hydroxylation is 1. The molecule has 5 nitrogen and oxygen atoms in total. The molecular weight excluding hydrogens is 314 g/mol. The lowest BCUT2D eigenvalue weighted by atomic mass is 10.2. The molecule has 2 rings (SSSR count). The van der Waals surface area contributed by atoms with Gasteiger partial charge >= 0.3 is 0 Å². The quantitative estimate of drug-likeness (QED) is 0.652. The number of rotatable bonds is 6. The number of sulfonamides is 1. The first kappa shape index (κ1) is 15.0. The Morgan fingerprint density at radius 2 is 2.05 bits per heavy atom. The number of benzene rings is 1. The van der Waals surface area contributed by atoms with E-state index in [1.165, 1.54) is 23.1 Å². The summed E-state index contributed by atoms with van der Waals surface area (Å²) in [5, 5.41) is 7.98. The molecule has 0 saturated carbocycles. The van der Waals surface area contributed by atoms with E-state index in [-0.39, 0.29) is 10.0 Å². The lowest BCUT2D eigenvalue weighted by molar-refractivity contribution is 0.601. The van der Waals surface area contributed by atoms with Gasteiger partial charge in [0.2, 0.25) is 5.13 Å². The van der Waals surface area contributed by atoms with E-state index in [0.717, 1.165) is 5.56 Å². The minimum atomic E-state index is -3.61. The third kappa shape index (κ3) is 3.81. The molecular formula is C12H13N3O2S3. The molecule has 0 unspecified atom stereocenters. The zero-order chi connectivity index (χ0) is 14.6. The molecule has 0 aliphatic rings. The summed E-state index contributed by atoms with van der Waals surface area (Å²) in [6.07, 6.45) is 1.75. The van der Waals surface area contributed by atoms with Gasteiger partial charge in [-0.15, -0.1) is 16.8 Å². The van der Waals surface area contributed by atoms with Crippen LogP contribution in [0.5, 0.6) is 0 Å². The topological polar surface area (TPSA) is 72.0 Å². The van der Waals surface area contributed by atoms with Crippen molar-refractivity contribution < 1.29 is 8.42 Å². The van der Waals surface area contributed by atoms with Crippen molar-refractivity contribution in [3.05, 3.63) is 42.5 Å². The second kappa shape index (κ2) is 6.38. The Bertz CT molecular complexity index is 693. The highest BCUT2D eigenvalue weighted by Gasteiger charge is 2.16. The third-order valence-electron chi connectivity index (χ3n) is 2.28. The highest BCUT2D eigenvalue weighted by molar-refractivity contribution is 8.01. The van der Waals surface area contributed by atoms with Crippen molar-refractivity contribution in [2.24, 2.45) is 0 Å². The van der Waals surface area contributed by atoms with E-state index in [4.69, 9.17) is 0 Å². The van der Waals surface area contributed by atoms with Gasteiger partial charge in [0, 0.05) is 5.75 Å². The minimum absolute atomic E-state index is 0.207. The number of anilines is 1. The Morgan fingerprint density at radius 1 is 1.35 bits per heavy atom. The van der Waals surface area contributed by atoms with E-state index in [1.807, 2.05) is 6.92 Å². The smallest absolute Gasteiger partial charge is 0.253 e. The van der Waals surface area contributed by atoms with E-state index in [1.54, 1.807) is 30.3 Å². The molecule has 1 aromatic carbocycles. The molecule has 1 heterocycles. The van der Waals surface area contributed by atoms with Gasteiger partial charge in [0.25, 0.3) is 10.0 Å². The number of aromatic nitrogens is 2. The fourth-order valence-electron chi connectivity index (χ4n) is 1.33. The Hall–Kier alpha value is -1.38. The zero-order valence-corrected chi connectivity index (χ0v) is 13.2. The van der Waals surface area contributed by atoms with Crippen LogP contribution in [0.2, 0.25) is 0 Å². The van der Waals surface area contributed by atoms with E-state index in [0.29, 0.717) is 10.1 Å². The number of hydrogen-bond acceptors (Lipinski definition) is 6. The molecule has 1 aromatic heterocycles. The van der Waals surface area contributed by atoms with Crippen molar-refractivity contribution in [2.75, 3.05) is 10.5 Å². The summed E-state index contributed by atoms with van der Waals surface area (Å²) in [6.45, 7) is 5.51. The van der Waals surface area contributed by atoms with E-state index in [2.05, 4.69) is 21.5 Å². The van der Waals surface area contributed by atoms with Crippen molar-refractivity contribution in [2.45, 2.75) is 16.2 Å². The standard InChI is InChI=1S/C12H13N3O2S3/c1-3-8-18-12-14-13-11(19-12)15-20(16,17)10-6-4-9(2)5-7-10/h3-7H,1,8H2,2H3,(H,13,15). The van der Waals surface area contributed by atoms with Gasteiger partial charge < -0.3 is 0 Å². The molecule has 0 aliphatic carbocycles. The summed E-state index contributed by atoms with van der Waals surface area (Å²) in [7, 11) is -3.61. The van der Waals surface area contributed by atoms with Crippen LogP contribution in [0.15, 0.2) is 46.2 Å². The van der Waals surface area contributed by atoms with E-state index in [9.17, 15) is 8.42 Å². The fraction of sp³-hybridized carbons (Fsp3) is 0.167. The first-order chi connectivity index (χ1) is 9.51. The fourth-order valence-corrected chi connectivity index (χ4v) is 4.07. The monoisotopic (exact) mass is 327 g/mol. The van der Waals surface area contributed by atoms with Gasteiger partial charge in [-0.25, -0.2) is 8.42 Å². The largest absolute Gasteiger partial charge is 0.263 e. The van der Waals surface area contributed by atoms with E-state index >= 15 is 0 Å². The lowest BCUT2D eigenvalue weighted by Gasteiger charge is -2.04. The highest BCUT2D eigenvalue weighted by Crippen LogP contribution is 2.27. The summed E-state index contributed by atoms with van der Waals surface area (Å²) < 4.78 is 27.4. The van der Waals surface area contributed by atoms with Crippen LogP contribution < -0.4 is 4.72 Å². The van der Waals surface area contributed by atoms with Gasteiger partial charge in [0.05, 0.1) is 4.90 Å². The Balaban J connectivity index is 2.13. The summed E-state index contributed by atoms with van der Waals surface area (Å²) in [5.74, 6) is 0.708. The average Bonchev–Trinajstić information content (AvgIpc) is 2.83. The maximum atomic E-state index is 12.1. The van der Waals surface area contributed by atoms with Crippen molar-refractivity contribution in [1.82, 2.24) is 10.2 Å². The van der Waals surface area contributed by atoms with Gasteiger partial charge in [-0.1, -0.05) is 46.9 Å². The normalized spacial score (nSPS) is 11.2.